The van der Waals surface area contributed by atoms with E-state index in [1.807, 2.05) is 42.2 Å². The van der Waals surface area contributed by atoms with Gasteiger partial charge in [-0.1, -0.05) is 29.4 Å². The fourth-order valence-corrected chi connectivity index (χ4v) is 4.05. The molecule has 3 aromatic heterocycles. The molecule has 4 aromatic rings. The zero-order chi connectivity index (χ0) is 19.3. The van der Waals surface area contributed by atoms with Crippen molar-refractivity contribution in [2.24, 2.45) is 0 Å². The number of hydrogen-bond donors (Lipinski definition) is 1. The molecule has 1 aliphatic heterocycles. The van der Waals surface area contributed by atoms with Crippen molar-refractivity contribution in [1.29, 1.82) is 0 Å². The molecule has 0 radical (unpaired) electrons. The highest BCUT2D eigenvalue weighted by Crippen LogP contribution is 2.38. The summed E-state index contributed by atoms with van der Waals surface area (Å²) in [6.07, 6.45) is 0.762. The first kappa shape index (κ1) is 16.7. The maximum atomic E-state index is 13.3. The van der Waals surface area contributed by atoms with Crippen LogP contribution in [0.2, 0.25) is 0 Å². The normalized spacial score (nSPS) is 16.4. The highest BCUT2D eigenvalue weighted by Gasteiger charge is 2.37. The second-order valence-corrected chi connectivity index (χ2v) is 7.12. The molecule has 28 heavy (non-hydrogen) atoms. The van der Waals surface area contributed by atoms with Crippen LogP contribution in [0, 0.1) is 13.8 Å². The highest BCUT2D eigenvalue weighted by molar-refractivity contribution is 5.94. The Kier molecular flexibility index (Phi) is 3.75. The molecular weight excluding hydrogens is 354 g/mol. The number of hydrogen-bond acceptors (Lipinski definition) is 5. The first-order valence-electron chi connectivity index (χ1n) is 9.26. The Balaban J connectivity index is 1.69. The van der Waals surface area contributed by atoms with Gasteiger partial charge in [-0.05, 0) is 49.2 Å². The molecule has 0 aliphatic carbocycles. The number of para-hydroxylation sites is 1. The number of H-pyrrole nitrogens is 1. The van der Waals surface area contributed by atoms with E-state index >= 15 is 0 Å². The number of aromatic nitrogens is 4. The molecule has 1 atom stereocenters. The van der Waals surface area contributed by atoms with Crippen molar-refractivity contribution in [1.82, 2.24) is 25.2 Å². The Morgan fingerprint density at radius 3 is 2.79 bits per heavy atom. The monoisotopic (exact) mass is 373 g/mol. The summed E-state index contributed by atoms with van der Waals surface area (Å²) in [7, 11) is 0. The zero-order valence-corrected chi connectivity index (χ0v) is 15.6. The number of nitrogens with one attached hydrogen (secondary N) is 1. The van der Waals surface area contributed by atoms with E-state index in [0.29, 0.717) is 12.2 Å². The van der Waals surface area contributed by atoms with Gasteiger partial charge in [0.2, 0.25) is 0 Å². The number of carbonyl (C=O) groups excluding carboxylic acids is 1. The molecule has 140 valence electrons. The van der Waals surface area contributed by atoms with E-state index < -0.39 is 0 Å². The van der Waals surface area contributed by atoms with E-state index in [1.54, 1.807) is 6.92 Å². The summed E-state index contributed by atoms with van der Waals surface area (Å²) in [5, 5.41) is 8.79. The van der Waals surface area contributed by atoms with Gasteiger partial charge in [0.1, 0.15) is 11.7 Å². The maximum absolute atomic E-state index is 13.3. The van der Waals surface area contributed by atoms with Gasteiger partial charge in [-0.3, -0.25) is 9.78 Å². The van der Waals surface area contributed by atoms with Crippen LogP contribution in [-0.2, 0) is 6.42 Å². The van der Waals surface area contributed by atoms with Gasteiger partial charge in [-0.15, -0.1) is 0 Å². The van der Waals surface area contributed by atoms with E-state index in [0.717, 1.165) is 29.0 Å². The lowest BCUT2D eigenvalue weighted by Crippen LogP contribution is -2.41. The molecular formula is C21H19N5O2. The number of nitrogens with zero attached hydrogens (tertiary/aromatic N) is 4. The van der Waals surface area contributed by atoms with Gasteiger partial charge in [-0.25, -0.2) is 4.63 Å². The molecule has 0 spiro atoms. The number of fused-ring (bicyclic) bond motifs is 3. The topological polar surface area (TPSA) is 87.9 Å². The Morgan fingerprint density at radius 1 is 1.14 bits per heavy atom. The van der Waals surface area contributed by atoms with E-state index in [1.165, 1.54) is 10.9 Å². The fourth-order valence-electron chi connectivity index (χ4n) is 4.05. The van der Waals surface area contributed by atoms with Gasteiger partial charge < -0.3 is 9.88 Å². The largest absolute Gasteiger partial charge is 0.356 e. The molecule has 0 bridgehead atoms. The van der Waals surface area contributed by atoms with Gasteiger partial charge >= 0.3 is 0 Å². The van der Waals surface area contributed by atoms with Crippen LogP contribution in [0.25, 0.3) is 10.9 Å². The Hall–Kier alpha value is -3.48. The number of amides is 1. The van der Waals surface area contributed by atoms with Crippen LogP contribution >= 0.6 is 0 Å². The summed E-state index contributed by atoms with van der Waals surface area (Å²) in [5.41, 5.74) is 5.79. The molecule has 7 nitrogen and oxygen atoms in total. The Morgan fingerprint density at radius 2 is 2.00 bits per heavy atom. The van der Waals surface area contributed by atoms with E-state index in [4.69, 9.17) is 9.61 Å². The third-order valence-electron chi connectivity index (χ3n) is 5.34. The van der Waals surface area contributed by atoms with Crippen LogP contribution in [0.3, 0.4) is 0 Å². The number of rotatable bonds is 2. The SMILES string of the molecule is Cc1cccc([C@H]2c3[nH]c4ccccc4c3CCN2C(=O)c2nonc2C)n1. The summed E-state index contributed by atoms with van der Waals surface area (Å²) in [5.74, 6) is -0.198. The molecule has 0 unspecified atom stereocenters. The van der Waals surface area contributed by atoms with Gasteiger partial charge in [0.25, 0.3) is 5.91 Å². The average molecular weight is 373 g/mol. The summed E-state index contributed by atoms with van der Waals surface area (Å²) in [4.78, 5) is 23.4. The highest BCUT2D eigenvalue weighted by atomic mass is 16.6. The van der Waals surface area contributed by atoms with Crippen LogP contribution < -0.4 is 0 Å². The molecule has 1 N–H and O–H groups in total. The number of pyridine rings is 1. The van der Waals surface area contributed by atoms with Gasteiger partial charge in [-0.2, -0.15) is 0 Å². The molecule has 0 saturated heterocycles. The lowest BCUT2D eigenvalue weighted by atomic mass is 9.94. The molecule has 0 fully saturated rings. The second-order valence-electron chi connectivity index (χ2n) is 7.12. The minimum atomic E-state index is -0.320. The maximum Gasteiger partial charge on any atom is 0.278 e. The van der Waals surface area contributed by atoms with Crippen LogP contribution in [0.15, 0.2) is 47.1 Å². The minimum absolute atomic E-state index is 0.198. The average Bonchev–Trinajstić information content (AvgIpc) is 3.30. The van der Waals surface area contributed by atoms with Crippen molar-refractivity contribution in [3.05, 3.63) is 76.5 Å². The van der Waals surface area contributed by atoms with Gasteiger partial charge in [0.15, 0.2) is 5.69 Å². The second kappa shape index (κ2) is 6.30. The van der Waals surface area contributed by atoms with Crippen molar-refractivity contribution >= 4 is 16.8 Å². The quantitative estimate of drug-likeness (QED) is 0.582. The van der Waals surface area contributed by atoms with Crippen molar-refractivity contribution in [2.45, 2.75) is 26.3 Å². The zero-order valence-electron chi connectivity index (χ0n) is 15.6. The van der Waals surface area contributed by atoms with Gasteiger partial charge in [0, 0.05) is 28.8 Å². The predicted molar refractivity (Wildman–Crippen MR) is 103 cm³/mol. The molecule has 7 heteroatoms. The fraction of sp³-hybridized carbons (Fsp3) is 0.238. The lowest BCUT2D eigenvalue weighted by Gasteiger charge is -2.35. The third kappa shape index (κ3) is 2.51. The molecule has 5 rings (SSSR count). The first-order chi connectivity index (χ1) is 13.6. The van der Waals surface area contributed by atoms with E-state index in [2.05, 4.69) is 27.4 Å². The van der Waals surface area contributed by atoms with E-state index in [-0.39, 0.29) is 17.6 Å². The summed E-state index contributed by atoms with van der Waals surface area (Å²) >= 11 is 0. The number of aromatic amines is 1. The molecule has 0 saturated carbocycles. The minimum Gasteiger partial charge on any atom is -0.356 e. The molecule has 1 amide bonds. The molecule has 1 aromatic carbocycles. The molecule has 4 heterocycles. The smallest absolute Gasteiger partial charge is 0.278 e. The number of carbonyl (C=O) groups is 1. The first-order valence-corrected chi connectivity index (χ1v) is 9.26. The van der Waals surface area contributed by atoms with Crippen molar-refractivity contribution < 1.29 is 9.42 Å². The summed E-state index contributed by atoms with van der Waals surface area (Å²) < 4.78 is 4.76. The lowest BCUT2D eigenvalue weighted by molar-refractivity contribution is 0.0676. The standard InChI is InChI=1S/C21H19N5O2/c1-12-6-5-9-17(22-12)20-19-15(14-7-3-4-8-16(14)23-19)10-11-26(20)21(27)18-13(2)24-28-25-18/h3-9,20,23H,10-11H2,1-2H3/t20-/m0/s1. The predicted octanol–water partition coefficient (Wildman–Crippen LogP) is 3.35. The number of aryl methyl sites for hydroxylation is 2. The number of benzene rings is 1. The summed E-state index contributed by atoms with van der Waals surface area (Å²) in [6, 6.07) is 13.8. The van der Waals surface area contributed by atoms with Crippen molar-refractivity contribution in [2.75, 3.05) is 6.54 Å². The molecule has 1 aliphatic rings. The Labute approximate surface area is 161 Å². The van der Waals surface area contributed by atoms with Crippen LogP contribution in [0.1, 0.15) is 44.9 Å². The van der Waals surface area contributed by atoms with E-state index in [9.17, 15) is 4.79 Å². The van der Waals surface area contributed by atoms with Crippen LogP contribution in [0.5, 0.6) is 0 Å². The van der Waals surface area contributed by atoms with Crippen molar-refractivity contribution in [3.63, 3.8) is 0 Å². The third-order valence-corrected chi connectivity index (χ3v) is 5.34. The van der Waals surface area contributed by atoms with Crippen LogP contribution in [-0.4, -0.2) is 37.6 Å². The van der Waals surface area contributed by atoms with Crippen molar-refractivity contribution in [3.8, 4) is 0 Å². The van der Waals surface area contributed by atoms with Gasteiger partial charge in [0.05, 0.1) is 5.69 Å². The summed E-state index contributed by atoms with van der Waals surface area (Å²) in [6.45, 7) is 4.25. The Bertz CT molecular complexity index is 1190. The van der Waals surface area contributed by atoms with Crippen LogP contribution in [0.4, 0.5) is 0 Å².